The van der Waals surface area contributed by atoms with Crippen LogP contribution < -0.4 is 18.9 Å². The summed E-state index contributed by atoms with van der Waals surface area (Å²) in [6.45, 7) is 11.2. The van der Waals surface area contributed by atoms with Gasteiger partial charge in [0.1, 0.15) is 5.75 Å². The van der Waals surface area contributed by atoms with E-state index in [-0.39, 0.29) is 5.92 Å². The van der Waals surface area contributed by atoms with E-state index in [1.807, 2.05) is 39.0 Å². The second-order valence-corrected chi connectivity index (χ2v) is 7.29. The van der Waals surface area contributed by atoms with Crippen molar-refractivity contribution in [3.05, 3.63) is 47.0 Å². The summed E-state index contributed by atoms with van der Waals surface area (Å²) in [6.07, 6.45) is 1.69. The van der Waals surface area contributed by atoms with E-state index in [1.54, 1.807) is 19.2 Å². The Morgan fingerprint density at radius 1 is 0.931 bits per heavy atom. The highest BCUT2D eigenvalue weighted by Crippen LogP contribution is 2.39. The van der Waals surface area contributed by atoms with Crippen LogP contribution in [-0.2, 0) is 0 Å². The van der Waals surface area contributed by atoms with Gasteiger partial charge < -0.3 is 18.9 Å². The van der Waals surface area contributed by atoms with Crippen LogP contribution in [0.3, 0.4) is 0 Å². The van der Waals surface area contributed by atoms with Crippen LogP contribution in [0.1, 0.15) is 67.9 Å². The fourth-order valence-electron chi connectivity index (χ4n) is 2.88. The molecule has 0 saturated heterocycles. The second-order valence-electron chi connectivity index (χ2n) is 7.29. The first kappa shape index (κ1) is 22.6. The van der Waals surface area contributed by atoms with Crippen LogP contribution >= 0.6 is 0 Å². The van der Waals surface area contributed by atoms with Gasteiger partial charge in [-0.25, -0.2) is 4.79 Å². The first-order chi connectivity index (χ1) is 13.9. The van der Waals surface area contributed by atoms with Gasteiger partial charge >= 0.3 is 5.97 Å². The molecule has 0 spiro atoms. The van der Waals surface area contributed by atoms with Crippen LogP contribution in [0, 0.1) is 6.92 Å². The number of rotatable bonds is 10. The zero-order valence-electron chi connectivity index (χ0n) is 18.3. The first-order valence-electron chi connectivity index (χ1n) is 10.2. The van der Waals surface area contributed by atoms with Crippen LogP contribution in [0.4, 0.5) is 0 Å². The van der Waals surface area contributed by atoms with Crippen molar-refractivity contribution >= 4 is 5.97 Å². The molecule has 0 aliphatic carbocycles. The summed E-state index contributed by atoms with van der Waals surface area (Å²) in [6, 6.07) is 9.21. The van der Waals surface area contributed by atoms with E-state index in [9.17, 15) is 4.79 Å². The molecule has 0 unspecified atom stereocenters. The Bertz CT molecular complexity index is 826. The number of carbonyl (C=O) groups excluding carboxylic acids is 1. The maximum absolute atomic E-state index is 12.9. The summed E-state index contributed by atoms with van der Waals surface area (Å²) in [5, 5.41) is 0. The molecule has 0 bridgehead atoms. The normalized spacial score (nSPS) is 10.7. The first-order valence-corrected chi connectivity index (χ1v) is 10.2. The molecule has 0 radical (unpaired) electrons. The number of hydrogen-bond donors (Lipinski definition) is 0. The molecule has 0 N–H and O–H groups in total. The predicted molar refractivity (Wildman–Crippen MR) is 115 cm³/mol. The predicted octanol–water partition coefficient (Wildman–Crippen LogP) is 5.92. The minimum Gasteiger partial charge on any atom is -0.493 e. The standard InChI is InChI=1S/C24H32O5/c1-7-11-27-22-15-18(14-21(26-6)23(22)28-12-8-2)24(25)29-20-13-17(5)9-10-19(20)16(3)4/h9-10,13-16H,7-8,11-12H2,1-6H3. The van der Waals surface area contributed by atoms with E-state index >= 15 is 0 Å². The topological polar surface area (TPSA) is 54.0 Å². The van der Waals surface area contributed by atoms with Gasteiger partial charge in [-0.2, -0.15) is 0 Å². The molecule has 0 aromatic heterocycles. The van der Waals surface area contributed by atoms with Crippen LogP contribution in [0.5, 0.6) is 23.0 Å². The molecule has 5 nitrogen and oxygen atoms in total. The molecule has 2 aromatic carbocycles. The second kappa shape index (κ2) is 10.7. The van der Waals surface area contributed by atoms with Gasteiger partial charge in [-0.3, -0.25) is 0 Å². The number of aryl methyl sites for hydroxylation is 1. The molecule has 0 aliphatic rings. The van der Waals surface area contributed by atoms with Crippen molar-refractivity contribution < 1.29 is 23.7 Å². The van der Waals surface area contributed by atoms with Crippen molar-refractivity contribution in [1.82, 2.24) is 0 Å². The lowest BCUT2D eigenvalue weighted by Gasteiger charge is -2.17. The van der Waals surface area contributed by atoms with Gasteiger partial charge in [0.2, 0.25) is 5.75 Å². The van der Waals surface area contributed by atoms with E-state index in [2.05, 4.69) is 13.8 Å². The summed E-state index contributed by atoms with van der Waals surface area (Å²) in [4.78, 5) is 12.9. The van der Waals surface area contributed by atoms with E-state index < -0.39 is 5.97 Å². The lowest BCUT2D eigenvalue weighted by atomic mass is 10.0. The number of benzene rings is 2. The van der Waals surface area contributed by atoms with Gasteiger partial charge in [0, 0.05) is 0 Å². The van der Waals surface area contributed by atoms with Crippen LogP contribution in [0.25, 0.3) is 0 Å². The third kappa shape index (κ3) is 5.89. The molecule has 5 heteroatoms. The van der Waals surface area contributed by atoms with E-state index in [0.29, 0.717) is 41.8 Å². The maximum atomic E-state index is 12.9. The summed E-state index contributed by atoms with van der Waals surface area (Å²) in [5.41, 5.74) is 2.37. The smallest absolute Gasteiger partial charge is 0.343 e. The number of carbonyl (C=O) groups is 1. The third-order valence-corrected chi connectivity index (χ3v) is 4.38. The molecule has 2 rings (SSSR count). The summed E-state index contributed by atoms with van der Waals surface area (Å²) >= 11 is 0. The van der Waals surface area contributed by atoms with Crippen LogP contribution in [0.15, 0.2) is 30.3 Å². The minimum atomic E-state index is -0.459. The van der Waals surface area contributed by atoms with E-state index in [1.165, 1.54) is 0 Å². The number of esters is 1. The molecule has 0 heterocycles. The number of methoxy groups -OCH3 is 1. The zero-order valence-corrected chi connectivity index (χ0v) is 18.3. The Morgan fingerprint density at radius 2 is 1.59 bits per heavy atom. The Labute approximate surface area is 173 Å². The molecular weight excluding hydrogens is 368 g/mol. The molecule has 0 aliphatic heterocycles. The van der Waals surface area contributed by atoms with Gasteiger partial charge in [-0.05, 0) is 55.0 Å². The quantitative estimate of drug-likeness (QED) is 0.366. The molecule has 0 fully saturated rings. The minimum absolute atomic E-state index is 0.237. The van der Waals surface area contributed by atoms with Crippen molar-refractivity contribution in [2.24, 2.45) is 0 Å². The van der Waals surface area contributed by atoms with Crippen molar-refractivity contribution in [2.75, 3.05) is 20.3 Å². The molecular formula is C24H32O5. The Kier molecular flexibility index (Phi) is 8.37. The van der Waals surface area contributed by atoms with Gasteiger partial charge in [0.15, 0.2) is 11.5 Å². The monoisotopic (exact) mass is 400 g/mol. The average Bonchev–Trinajstić information content (AvgIpc) is 2.70. The highest BCUT2D eigenvalue weighted by Gasteiger charge is 2.20. The van der Waals surface area contributed by atoms with Crippen molar-refractivity contribution in [1.29, 1.82) is 0 Å². The van der Waals surface area contributed by atoms with Gasteiger partial charge in [0.25, 0.3) is 0 Å². The summed E-state index contributed by atoms with van der Waals surface area (Å²) < 4.78 is 22.9. The van der Waals surface area contributed by atoms with Crippen molar-refractivity contribution in [3.8, 4) is 23.0 Å². The Morgan fingerprint density at radius 3 is 2.21 bits per heavy atom. The lowest BCUT2D eigenvalue weighted by Crippen LogP contribution is -2.12. The fraction of sp³-hybridized carbons (Fsp3) is 0.458. The molecule has 0 amide bonds. The Balaban J connectivity index is 2.40. The molecule has 158 valence electrons. The van der Waals surface area contributed by atoms with E-state index in [4.69, 9.17) is 18.9 Å². The molecule has 2 aromatic rings. The third-order valence-electron chi connectivity index (χ3n) is 4.38. The highest BCUT2D eigenvalue weighted by atomic mass is 16.5. The molecule has 0 saturated carbocycles. The van der Waals surface area contributed by atoms with Crippen molar-refractivity contribution in [3.63, 3.8) is 0 Å². The lowest BCUT2D eigenvalue weighted by molar-refractivity contribution is 0.0731. The van der Waals surface area contributed by atoms with Gasteiger partial charge in [-0.1, -0.05) is 39.8 Å². The molecule has 0 atom stereocenters. The molecule has 29 heavy (non-hydrogen) atoms. The van der Waals surface area contributed by atoms with Crippen molar-refractivity contribution in [2.45, 2.75) is 53.4 Å². The fourth-order valence-corrected chi connectivity index (χ4v) is 2.88. The number of hydrogen-bond acceptors (Lipinski definition) is 5. The summed E-state index contributed by atoms with van der Waals surface area (Å²) in [5.74, 6) is 1.80. The van der Waals surface area contributed by atoms with Gasteiger partial charge in [-0.15, -0.1) is 0 Å². The van der Waals surface area contributed by atoms with Gasteiger partial charge in [0.05, 0.1) is 25.9 Å². The highest BCUT2D eigenvalue weighted by molar-refractivity contribution is 5.93. The zero-order chi connectivity index (χ0) is 21.4. The SMILES string of the molecule is CCCOc1cc(C(=O)Oc2cc(C)ccc2C(C)C)cc(OC)c1OCCC. The Hall–Kier alpha value is -2.69. The largest absolute Gasteiger partial charge is 0.493 e. The maximum Gasteiger partial charge on any atom is 0.343 e. The number of ether oxygens (including phenoxy) is 4. The van der Waals surface area contributed by atoms with E-state index in [0.717, 1.165) is 24.0 Å². The summed E-state index contributed by atoms with van der Waals surface area (Å²) in [7, 11) is 1.55. The van der Waals surface area contributed by atoms with Crippen LogP contribution in [-0.4, -0.2) is 26.3 Å². The average molecular weight is 401 g/mol. The van der Waals surface area contributed by atoms with Crippen LogP contribution in [0.2, 0.25) is 0 Å².